The van der Waals surface area contributed by atoms with Gasteiger partial charge in [-0.1, -0.05) is 30.3 Å². The zero-order valence-electron chi connectivity index (χ0n) is 20.4. The Hall–Kier alpha value is -4.82. The number of para-hydroxylation sites is 1. The number of nitrogens with zero attached hydrogens (tertiary/aromatic N) is 6. The first kappa shape index (κ1) is 24.9. The van der Waals surface area contributed by atoms with Crippen molar-refractivity contribution in [2.45, 2.75) is 6.04 Å². The molecule has 5 rings (SSSR count). The molecule has 4 aromatic rings. The van der Waals surface area contributed by atoms with Crippen LogP contribution in [0.5, 0.6) is 5.75 Å². The van der Waals surface area contributed by atoms with Crippen molar-refractivity contribution in [2.75, 3.05) is 31.1 Å². The number of nitriles is 1. The topological polar surface area (TPSA) is 129 Å². The number of fused-ring (bicyclic) bond motifs is 1. The van der Waals surface area contributed by atoms with Gasteiger partial charge in [-0.3, -0.25) is 19.8 Å². The number of rotatable bonds is 5. The van der Waals surface area contributed by atoms with Gasteiger partial charge in [-0.15, -0.1) is 0 Å². The predicted octanol–water partition coefficient (Wildman–Crippen LogP) is 3.47. The van der Waals surface area contributed by atoms with Gasteiger partial charge in [0.25, 0.3) is 0 Å². The van der Waals surface area contributed by atoms with Crippen molar-refractivity contribution in [3.8, 4) is 11.8 Å². The van der Waals surface area contributed by atoms with Gasteiger partial charge in [0.2, 0.25) is 0 Å². The average Bonchev–Trinajstić information content (AvgIpc) is 2.92. The Kier molecular flexibility index (Phi) is 6.48. The van der Waals surface area contributed by atoms with Gasteiger partial charge >= 0.3 is 11.2 Å². The van der Waals surface area contributed by atoms with Crippen LogP contribution in [0.3, 0.4) is 0 Å². The maximum atomic E-state index is 13.7. The summed E-state index contributed by atoms with van der Waals surface area (Å²) in [4.78, 5) is 32.5. The van der Waals surface area contributed by atoms with Crippen LogP contribution >= 0.6 is 0 Å². The fourth-order valence-corrected chi connectivity index (χ4v) is 5.06. The second-order valence-electron chi connectivity index (χ2n) is 9.03. The molecule has 0 spiro atoms. The lowest BCUT2D eigenvalue weighted by Crippen LogP contribution is -2.48. The Labute approximate surface area is 216 Å². The molecule has 38 heavy (non-hydrogen) atoms. The van der Waals surface area contributed by atoms with Gasteiger partial charge in [-0.2, -0.15) is 5.26 Å². The number of aromatic nitrogens is 2. The average molecular weight is 515 g/mol. The van der Waals surface area contributed by atoms with Crippen LogP contribution in [0, 0.1) is 27.3 Å². The number of aryl methyl sites for hydroxylation is 1. The number of pyridine rings is 2. The zero-order valence-corrected chi connectivity index (χ0v) is 20.4. The smallest absolute Gasteiger partial charge is 0.359 e. The summed E-state index contributed by atoms with van der Waals surface area (Å²) in [5.41, 5.74) is 0.853. The van der Waals surface area contributed by atoms with E-state index in [0.29, 0.717) is 37.3 Å². The Morgan fingerprint density at radius 2 is 1.76 bits per heavy atom. The normalized spacial score (nSPS) is 14.8. The number of hydrogen-bond donors (Lipinski definition) is 1. The number of aromatic hydroxyl groups is 1. The minimum Gasteiger partial charge on any atom is -0.508 e. The Bertz CT molecular complexity index is 1640. The maximum absolute atomic E-state index is 13.7. The maximum Gasteiger partial charge on any atom is 0.359 e. The largest absolute Gasteiger partial charge is 0.508 e. The molecule has 2 aromatic carbocycles. The van der Waals surface area contributed by atoms with Gasteiger partial charge in [-0.05, 0) is 35.9 Å². The van der Waals surface area contributed by atoms with E-state index in [1.54, 1.807) is 35.2 Å². The highest BCUT2D eigenvalue weighted by molar-refractivity contribution is 5.94. The van der Waals surface area contributed by atoms with Gasteiger partial charge in [0, 0.05) is 38.8 Å². The molecule has 1 aliphatic rings. The van der Waals surface area contributed by atoms with E-state index in [-0.39, 0.29) is 28.5 Å². The van der Waals surface area contributed by atoms with Crippen molar-refractivity contribution >= 4 is 22.4 Å². The number of anilines is 1. The van der Waals surface area contributed by atoms with Crippen LogP contribution in [-0.2, 0) is 7.05 Å². The second kappa shape index (κ2) is 9.91. The molecule has 0 radical (unpaired) electrons. The standard InChI is InChI=1S/C27H23FN6O4/c1-31-21-11-10-19(16-29)30-23(21)25(26(27(31)36)34(37)38)33-14-12-32(13-15-33)24(17-6-8-18(28)9-7-17)20-4-2-3-5-22(20)35/h2-11,24,35H,12-15H2,1H3/t24-/m0/s1. The van der Waals surface area contributed by atoms with E-state index in [1.165, 1.54) is 29.8 Å². The molecule has 0 aliphatic carbocycles. The lowest BCUT2D eigenvalue weighted by molar-refractivity contribution is -0.385. The van der Waals surface area contributed by atoms with Crippen molar-refractivity contribution in [1.29, 1.82) is 5.26 Å². The molecule has 2 aromatic heterocycles. The predicted molar refractivity (Wildman–Crippen MR) is 138 cm³/mol. The number of piperazine rings is 1. The van der Waals surface area contributed by atoms with Gasteiger partial charge < -0.3 is 14.6 Å². The molecule has 0 amide bonds. The molecule has 1 aliphatic heterocycles. The molecule has 1 saturated heterocycles. The van der Waals surface area contributed by atoms with Crippen LogP contribution in [0.1, 0.15) is 22.9 Å². The highest BCUT2D eigenvalue weighted by atomic mass is 19.1. The lowest BCUT2D eigenvalue weighted by atomic mass is 9.95. The van der Waals surface area contributed by atoms with Gasteiger partial charge in [0.1, 0.15) is 28.8 Å². The third-order valence-electron chi connectivity index (χ3n) is 6.90. The fraction of sp³-hybridized carbons (Fsp3) is 0.222. The summed E-state index contributed by atoms with van der Waals surface area (Å²) in [6.45, 7) is 1.46. The minimum absolute atomic E-state index is 0.0845. The first-order valence-corrected chi connectivity index (χ1v) is 11.9. The van der Waals surface area contributed by atoms with Crippen molar-refractivity contribution in [3.05, 3.63) is 104 Å². The van der Waals surface area contributed by atoms with Crippen molar-refractivity contribution < 1.29 is 14.4 Å². The first-order chi connectivity index (χ1) is 18.3. The minimum atomic E-state index is -0.759. The summed E-state index contributed by atoms with van der Waals surface area (Å²) < 4.78 is 14.9. The van der Waals surface area contributed by atoms with E-state index in [0.717, 1.165) is 5.56 Å². The summed E-state index contributed by atoms with van der Waals surface area (Å²) in [5, 5.41) is 32.0. The highest BCUT2D eigenvalue weighted by Crippen LogP contribution is 2.37. The van der Waals surface area contributed by atoms with Crippen molar-refractivity contribution in [3.63, 3.8) is 0 Å². The third-order valence-corrected chi connectivity index (χ3v) is 6.90. The van der Waals surface area contributed by atoms with Crippen LogP contribution in [0.2, 0.25) is 0 Å². The number of halogens is 1. The molecule has 10 nitrogen and oxygen atoms in total. The second-order valence-corrected chi connectivity index (χ2v) is 9.03. The number of phenolic OH excluding ortho intramolecular Hbond substituents is 1. The van der Waals surface area contributed by atoms with Crippen LogP contribution in [0.15, 0.2) is 65.5 Å². The number of hydrogen-bond acceptors (Lipinski definition) is 8. The van der Waals surface area contributed by atoms with Gasteiger partial charge in [0.15, 0.2) is 5.69 Å². The quantitative estimate of drug-likeness (QED) is 0.317. The van der Waals surface area contributed by atoms with E-state index in [1.807, 2.05) is 18.2 Å². The van der Waals surface area contributed by atoms with E-state index < -0.39 is 22.2 Å². The lowest BCUT2D eigenvalue weighted by Gasteiger charge is -2.40. The van der Waals surface area contributed by atoms with Gasteiger partial charge in [-0.25, -0.2) is 9.37 Å². The zero-order chi connectivity index (χ0) is 27.0. The Morgan fingerprint density at radius 1 is 1.08 bits per heavy atom. The van der Waals surface area contributed by atoms with Crippen LogP contribution < -0.4 is 10.5 Å². The highest BCUT2D eigenvalue weighted by Gasteiger charge is 2.34. The number of nitro groups is 1. The van der Waals surface area contributed by atoms with Crippen LogP contribution in [-0.4, -0.2) is 50.7 Å². The molecule has 3 heterocycles. The van der Waals surface area contributed by atoms with Crippen molar-refractivity contribution in [2.24, 2.45) is 7.05 Å². The number of benzene rings is 2. The van der Waals surface area contributed by atoms with E-state index in [9.17, 15) is 29.7 Å². The van der Waals surface area contributed by atoms with E-state index in [2.05, 4.69) is 9.88 Å². The van der Waals surface area contributed by atoms with E-state index in [4.69, 9.17) is 0 Å². The van der Waals surface area contributed by atoms with Crippen LogP contribution in [0.4, 0.5) is 15.8 Å². The number of phenols is 1. The fourth-order valence-electron chi connectivity index (χ4n) is 5.06. The molecule has 1 N–H and O–H groups in total. The molecular weight excluding hydrogens is 491 g/mol. The summed E-state index contributed by atoms with van der Waals surface area (Å²) in [7, 11) is 1.44. The third kappa shape index (κ3) is 4.31. The summed E-state index contributed by atoms with van der Waals surface area (Å²) in [5.74, 6) is -0.269. The Morgan fingerprint density at radius 3 is 2.39 bits per heavy atom. The molecule has 1 fully saturated rings. The van der Waals surface area contributed by atoms with Crippen molar-refractivity contribution in [1.82, 2.24) is 14.5 Å². The molecule has 192 valence electrons. The molecule has 1 atom stereocenters. The molecule has 0 saturated carbocycles. The molecule has 0 unspecified atom stereocenters. The monoisotopic (exact) mass is 514 g/mol. The molecule has 0 bridgehead atoms. The Balaban J connectivity index is 1.56. The first-order valence-electron chi connectivity index (χ1n) is 11.9. The summed E-state index contributed by atoms with van der Waals surface area (Å²) in [6.07, 6.45) is 0. The summed E-state index contributed by atoms with van der Waals surface area (Å²) in [6, 6.07) is 17.6. The van der Waals surface area contributed by atoms with Gasteiger partial charge in [0.05, 0.1) is 16.5 Å². The van der Waals surface area contributed by atoms with Crippen LogP contribution in [0.25, 0.3) is 11.0 Å². The van der Waals surface area contributed by atoms with E-state index >= 15 is 0 Å². The SMILES string of the molecule is Cn1c(=O)c([N+](=O)[O-])c(N2CCN([C@@H](c3ccc(F)cc3)c3ccccc3O)CC2)c2nc(C#N)ccc21. The molecular formula is C27H23FN6O4. The summed E-state index contributed by atoms with van der Waals surface area (Å²) >= 11 is 0. The molecule has 11 heteroatoms.